The molecule has 308 valence electrons. The lowest BCUT2D eigenvalue weighted by Crippen LogP contribution is -2.29. The number of phosphoric ester groups is 1. The maximum absolute atomic E-state index is 12.4. The Balaban J connectivity index is 4.22. The minimum absolute atomic E-state index is 0.0497. The van der Waals surface area contributed by atoms with Gasteiger partial charge in [0.05, 0.1) is 12.7 Å². The van der Waals surface area contributed by atoms with Crippen LogP contribution in [0.4, 0.5) is 0 Å². The Labute approximate surface area is 331 Å². The zero-order valence-corrected chi connectivity index (χ0v) is 34.3. The molecular formula is C45H69O9P. The number of aliphatic hydroxyl groups excluding tert-OH is 1. The fourth-order valence-electron chi connectivity index (χ4n) is 4.65. The Kier molecular flexibility index (Phi) is 36.2. The van der Waals surface area contributed by atoms with Gasteiger partial charge in [-0.05, 0) is 83.5 Å². The molecule has 0 aromatic heterocycles. The van der Waals surface area contributed by atoms with Crippen LogP contribution in [0.1, 0.15) is 123 Å². The molecule has 55 heavy (non-hydrogen) atoms. The van der Waals surface area contributed by atoms with Gasteiger partial charge in [-0.1, -0.05) is 148 Å². The van der Waals surface area contributed by atoms with E-state index in [0.717, 1.165) is 70.6 Å². The van der Waals surface area contributed by atoms with E-state index in [2.05, 4.69) is 85.2 Å². The number of carbonyl (C=O) groups is 2. The molecule has 0 saturated carbocycles. The van der Waals surface area contributed by atoms with Gasteiger partial charge in [-0.25, -0.2) is 4.57 Å². The van der Waals surface area contributed by atoms with Crippen molar-refractivity contribution < 1.29 is 43.0 Å². The lowest BCUT2D eigenvalue weighted by molar-refractivity contribution is -0.161. The third-order valence-electron chi connectivity index (χ3n) is 7.57. The second-order valence-electron chi connectivity index (χ2n) is 12.7. The molecule has 0 heterocycles. The molecule has 2 atom stereocenters. The monoisotopic (exact) mass is 784 g/mol. The summed E-state index contributed by atoms with van der Waals surface area (Å²) in [7, 11) is -4.80. The molecule has 10 heteroatoms. The Morgan fingerprint density at radius 1 is 0.564 bits per heavy atom. The van der Waals surface area contributed by atoms with Crippen molar-refractivity contribution in [2.45, 2.75) is 135 Å². The molecule has 0 spiro atoms. The number of ether oxygens (including phenoxy) is 2. The van der Waals surface area contributed by atoms with Crippen molar-refractivity contribution >= 4 is 19.8 Å². The van der Waals surface area contributed by atoms with Gasteiger partial charge >= 0.3 is 19.8 Å². The van der Waals surface area contributed by atoms with E-state index in [1.165, 1.54) is 0 Å². The summed E-state index contributed by atoms with van der Waals surface area (Å²) in [6, 6.07) is 0. The highest BCUT2D eigenvalue weighted by Gasteiger charge is 2.22. The van der Waals surface area contributed by atoms with Crippen LogP contribution < -0.4 is 0 Å². The Morgan fingerprint density at radius 3 is 1.65 bits per heavy atom. The first-order valence-electron chi connectivity index (χ1n) is 19.9. The van der Waals surface area contributed by atoms with E-state index in [9.17, 15) is 19.3 Å². The van der Waals surface area contributed by atoms with Gasteiger partial charge < -0.3 is 24.4 Å². The fraction of sp³-hybridized carbons (Fsp3) is 0.511. The quantitative estimate of drug-likeness (QED) is 0.0191. The summed E-state index contributed by atoms with van der Waals surface area (Å²) in [5.74, 6) is -1.06. The summed E-state index contributed by atoms with van der Waals surface area (Å²) in [6.45, 7) is 3.28. The summed E-state index contributed by atoms with van der Waals surface area (Å²) >= 11 is 0. The van der Waals surface area contributed by atoms with E-state index in [1.54, 1.807) is 6.08 Å². The molecule has 3 N–H and O–H groups in total. The molecule has 0 aliphatic rings. The van der Waals surface area contributed by atoms with Gasteiger partial charge in [-0.2, -0.15) is 0 Å². The minimum atomic E-state index is -4.80. The van der Waals surface area contributed by atoms with Gasteiger partial charge in [-0.3, -0.25) is 14.1 Å². The molecule has 0 aliphatic heterocycles. The summed E-state index contributed by atoms with van der Waals surface area (Å²) in [4.78, 5) is 42.8. The molecule has 1 unspecified atom stereocenters. The van der Waals surface area contributed by atoms with Crippen LogP contribution in [0.15, 0.2) is 122 Å². The van der Waals surface area contributed by atoms with Crippen molar-refractivity contribution in [2.24, 2.45) is 0 Å². The van der Waals surface area contributed by atoms with Gasteiger partial charge in [0.15, 0.2) is 6.10 Å². The van der Waals surface area contributed by atoms with Gasteiger partial charge in [0, 0.05) is 12.8 Å². The first kappa shape index (κ1) is 51.4. The van der Waals surface area contributed by atoms with Crippen molar-refractivity contribution in [3.05, 3.63) is 122 Å². The molecule has 0 aromatic rings. The van der Waals surface area contributed by atoms with Crippen molar-refractivity contribution in [3.8, 4) is 0 Å². The highest BCUT2D eigenvalue weighted by Crippen LogP contribution is 2.35. The molecular weight excluding hydrogens is 715 g/mol. The Hall–Kier alpha value is -3.59. The van der Waals surface area contributed by atoms with Crippen LogP contribution in [-0.4, -0.2) is 52.3 Å². The van der Waals surface area contributed by atoms with E-state index in [4.69, 9.17) is 19.3 Å². The summed E-state index contributed by atoms with van der Waals surface area (Å²) < 4.78 is 26.2. The zero-order chi connectivity index (χ0) is 40.5. The summed E-state index contributed by atoms with van der Waals surface area (Å²) in [5.41, 5.74) is 0. The number of allylic oxidation sites excluding steroid dienone is 18. The van der Waals surface area contributed by atoms with E-state index in [1.807, 2.05) is 48.6 Å². The van der Waals surface area contributed by atoms with Crippen molar-refractivity contribution in [2.75, 3.05) is 13.2 Å². The fourth-order valence-corrected chi connectivity index (χ4v) is 5.01. The number of carbonyl (C=O) groups excluding carboxylic acids is 2. The molecule has 0 bridgehead atoms. The number of esters is 2. The third-order valence-corrected chi connectivity index (χ3v) is 8.05. The predicted octanol–water partition coefficient (Wildman–Crippen LogP) is 11.1. The topological polar surface area (TPSA) is 140 Å². The van der Waals surface area contributed by atoms with Crippen LogP contribution in [0.3, 0.4) is 0 Å². The van der Waals surface area contributed by atoms with E-state index >= 15 is 0 Å². The molecule has 0 radical (unpaired) electrons. The molecule has 0 rings (SSSR count). The lowest BCUT2D eigenvalue weighted by Gasteiger charge is -2.18. The number of phosphoric acid groups is 1. The predicted molar refractivity (Wildman–Crippen MR) is 226 cm³/mol. The van der Waals surface area contributed by atoms with Crippen LogP contribution in [0.25, 0.3) is 0 Å². The van der Waals surface area contributed by atoms with E-state index in [0.29, 0.717) is 25.7 Å². The van der Waals surface area contributed by atoms with E-state index in [-0.39, 0.29) is 19.4 Å². The van der Waals surface area contributed by atoms with E-state index < -0.39 is 38.6 Å². The van der Waals surface area contributed by atoms with Crippen LogP contribution in [0, 0.1) is 0 Å². The van der Waals surface area contributed by atoms with Crippen LogP contribution in [0.5, 0.6) is 0 Å². The average molecular weight is 785 g/mol. The number of unbranched alkanes of at least 4 members (excludes halogenated alkanes) is 4. The molecule has 0 saturated heterocycles. The molecule has 0 aliphatic carbocycles. The average Bonchev–Trinajstić information content (AvgIpc) is 3.15. The van der Waals surface area contributed by atoms with Crippen LogP contribution in [0.2, 0.25) is 0 Å². The highest BCUT2D eigenvalue weighted by molar-refractivity contribution is 7.46. The smallest absolute Gasteiger partial charge is 0.462 e. The summed E-state index contributed by atoms with van der Waals surface area (Å²) in [6.07, 6.45) is 52.4. The molecule has 9 nitrogen and oxygen atoms in total. The standard InChI is InChI=1S/C45H69O9P/c1-3-5-7-9-11-12-13-14-15-16-17-18-19-23-26-30-34-38-44(47)52-40-43(41-53-55(49,50)51)54-45(48)39-35-31-27-24-21-20-22-25-29-33-37-42(46)36-32-28-10-8-6-4-2/h5-8,11-12,14-15,17-18,20-21,25,27-29,31-33,37,42-43,46H,3-4,9-10,13,16,19,22-24,26,30,34-36,38-41H2,1-2H3,(H2,49,50,51)/b7-5-,8-6-,12-11-,15-14-,18-17-,21-20-,29-25-,31-27-,32-28-,37-33+/t42?,43-/m1/s1. The zero-order valence-electron chi connectivity index (χ0n) is 33.4. The molecule has 0 fully saturated rings. The third kappa shape index (κ3) is 41.4. The Bertz CT molecular complexity index is 1310. The van der Waals surface area contributed by atoms with Crippen molar-refractivity contribution in [1.29, 1.82) is 0 Å². The maximum atomic E-state index is 12.4. The molecule has 0 aromatic carbocycles. The largest absolute Gasteiger partial charge is 0.469 e. The highest BCUT2D eigenvalue weighted by atomic mass is 31.2. The lowest BCUT2D eigenvalue weighted by atomic mass is 10.1. The van der Waals surface area contributed by atoms with Crippen LogP contribution in [-0.2, 0) is 28.2 Å². The van der Waals surface area contributed by atoms with Crippen molar-refractivity contribution in [1.82, 2.24) is 0 Å². The van der Waals surface area contributed by atoms with Crippen LogP contribution >= 0.6 is 7.82 Å². The first-order valence-corrected chi connectivity index (χ1v) is 21.5. The number of aliphatic hydroxyl groups is 1. The second kappa shape index (κ2) is 38.7. The first-order chi connectivity index (χ1) is 26.7. The van der Waals surface area contributed by atoms with Gasteiger partial charge in [-0.15, -0.1) is 0 Å². The molecule has 0 amide bonds. The maximum Gasteiger partial charge on any atom is 0.469 e. The van der Waals surface area contributed by atoms with Crippen molar-refractivity contribution in [3.63, 3.8) is 0 Å². The SMILES string of the molecule is CC/C=C\C/C=C\C/C=C\C/C=C\CCCCCCC(=O)OC[C@H](COP(=O)(O)O)OC(=O)CC/C=C\C/C=C\C/C=C\C=C\C(O)C/C=C\C/C=C\CC. The number of hydrogen-bond donors (Lipinski definition) is 3. The van der Waals surface area contributed by atoms with Gasteiger partial charge in [0.25, 0.3) is 0 Å². The number of hydrogen-bond acceptors (Lipinski definition) is 7. The minimum Gasteiger partial charge on any atom is -0.462 e. The number of rotatable bonds is 34. The van der Waals surface area contributed by atoms with Gasteiger partial charge in [0.1, 0.15) is 6.61 Å². The normalized spacial score (nSPS) is 14.3. The second-order valence-corrected chi connectivity index (χ2v) is 13.9. The summed E-state index contributed by atoms with van der Waals surface area (Å²) in [5, 5.41) is 9.97. The Morgan fingerprint density at radius 2 is 1.07 bits per heavy atom. The van der Waals surface area contributed by atoms with Gasteiger partial charge in [0.2, 0.25) is 0 Å².